The average molecular weight is 323 g/mol. The zero-order chi connectivity index (χ0) is 15.4. The maximum Gasteiger partial charge on any atom is 0.184 e. The van der Waals surface area contributed by atoms with E-state index in [-0.39, 0.29) is 0 Å². The summed E-state index contributed by atoms with van der Waals surface area (Å²) in [6.07, 6.45) is 4.47. The van der Waals surface area contributed by atoms with Crippen molar-refractivity contribution in [3.8, 4) is 0 Å². The minimum absolute atomic E-state index is 0.305. The smallest absolute Gasteiger partial charge is 0.184 e. The first-order chi connectivity index (χ1) is 9.64. The molecule has 2 aromatic heterocycles. The van der Waals surface area contributed by atoms with E-state index in [1.165, 1.54) is 29.6 Å². The SMILES string of the molecule is CC(C)(C)C1CCc2nc3sc(S(C)(=O)=O)cc3cc2C1. The Hall–Kier alpha value is -0.940. The summed E-state index contributed by atoms with van der Waals surface area (Å²) in [4.78, 5) is 5.57. The van der Waals surface area contributed by atoms with Crippen molar-refractivity contribution >= 4 is 31.4 Å². The lowest BCUT2D eigenvalue weighted by atomic mass is 9.71. The summed E-state index contributed by atoms with van der Waals surface area (Å²) >= 11 is 1.28. The Labute approximate surface area is 130 Å². The first-order valence-corrected chi connectivity index (χ1v) is 9.98. The molecule has 0 N–H and O–H groups in total. The van der Waals surface area contributed by atoms with Crippen LogP contribution in [-0.2, 0) is 22.7 Å². The highest BCUT2D eigenvalue weighted by atomic mass is 32.2. The molecule has 0 aromatic carbocycles. The zero-order valence-corrected chi connectivity index (χ0v) is 14.6. The number of thiophene rings is 1. The Kier molecular flexibility index (Phi) is 3.41. The van der Waals surface area contributed by atoms with Gasteiger partial charge in [-0.2, -0.15) is 0 Å². The molecule has 2 heterocycles. The van der Waals surface area contributed by atoms with Gasteiger partial charge in [0.15, 0.2) is 9.84 Å². The molecule has 0 aliphatic heterocycles. The Morgan fingerprint density at radius 3 is 2.62 bits per heavy atom. The van der Waals surface area contributed by atoms with Crippen LogP contribution >= 0.6 is 11.3 Å². The maximum atomic E-state index is 11.7. The molecule has 21 heavy (non-hydrogen) atoms. The summed E-state index contributed by atoms with van der Waals surface area (Å²) in [6, 6.07) is 3.92. The van der Waals surface area contributed by atoms with Gasteiger partial charge in [0.2, 0.25) is 0 Å². The summed E-state index contributed by atoms with van der Waals surface area (Å²) in [5, 5.41) is 0.966. The average Bonchev–Trinajstić information content (AvgIpc) is 2.76. The molecule has 0 saturated carbocycles. The van der Waals surface area contributed by atoms with Gasteiger partial charge in [-0.1, -0.05) is 20.8 Å². The second-order valence-corrected chi connectivity index (χ2v) is 10.4. The predicted molar refractivity (Wildman–Crippen MR) is 87.7 cm³/mol. The van der Waals surface area contributed by atoms with E-state index in [4.69, 9.17) is 4.98 Å². The molecule has 3 nitrogen and oxygen atoms in total. The van der Waals surface area contributed by atoms with E-state index in [2.05, 4.69) is 26.8 Å². The van der Waals surface area contributed by atoms with Gasteiger partial charge in [0.1, 0.15) is 9.04 Å². The third-order valence-corrected chi connectivity index (χ3v) is 7.29. The largest absolute Gasteiger partial charge is 0.242 e. The van der Waals surface area contributed by atoms with Gasteiger partial charge in [-0.25, -0.2) is 13.4 Å². The van der Waals surface area contributed by atoms with Crippen LogP contribution in [0.15, 0.2) is 16.3 Å². The molecule has 1 unspecified atom stereocenters. The van der Waals surface area contributed by atoms with Crippen LogP contribution in [0.4, 0.5) is 0 Å². The summed E-state index contributed by atoms with van der Waals surface area (Å²) < 4.78 is 23.8. The first kappa shape index (κ1) is 15.0. The molecule has 114 valence electrons. The zero-order valence-electron chi connectivity index (χ0n) is 12.9. The van der Waals surface area contributed by atoms with Crippen LogP contribution in [0, 0.1) is 11.3 Å². The van der Waals surface area contributed by atoms with E-state index in [0.717, 1.165) is 28.8 Å². The molecule has 0 amide bonds. The number of fused-ring (bicyclic) bond motifs is 2. The van der Waals surface area contributed by atoms with E-state index in [9.17, 15) is 8.42 Å². The summed E-state index contributed by atoms with van der Waals surface area (Å²) in [6.45, 7) is 6.88. The van der Waals surface area contributed by atoms with Crippen molar-refractivity contribution in [3.05, 3.63) is 23.4 Å². The van der Waals surface area contributed by atoms with Gasteiger partial charge in [0.05, 0.1) is 0 Å². The van der Waals surface area contributed by atoms with Crippen LogP contribution in [0.3, 0.4) is 0 Å². The van der Waals surface area contributed by atoms with Crippen molar-refractivity contribution in [1.29, 1.82) is 0 Å². The standard InChI is InChI=1S/C16H21NO2S2/c1-16(2,3)12-5-6-13-10(8-12)7-11-9-14(21(4,18)19)20-15(11)17-13/h7,9,12H,5-6,8H2,1-4H3. The summed E-state index contributed by atoms with van der Waals surface area (Å²) in [5.74, 6) is 0.664. The molecule has 0 spiro atoms. The van der Waals surface area contributed by atoms with Crippen molar-refractivity contribution in [2.75, 3.05) is 6.26 Å². The van der Waals surface area contributed by atoms with Crippen molar-refractivity contribution in [2.45, 2.75) is 44.2 Å². The van der Waals surface area contributed by atoms with Crippen molar-refractivity contribution in [3.63, 3.8) is 0 Å². The predicted octanol–water partition coefficient (Wildman–Crippen LogP) is 3.85. The third-order valence-electron chi connectivity index (χ3n) is 4.44. The molecule has 0 saturated heterocycles. The van der Waals surface area contributed by atoms with Crippen LogP contribution in [0.5, 0.6) is 0 Å². The van der Waals surface area contributed by atoms with Gasteiger partial charge in [0, 0.05) is 17.3 Å². The van der Waals surface area contributed by atoms with Gasteiger partial charge in [-0.3, -0.25) is 0 Å². The Morgan fingerprint density at radius 2 is 2.00 bits per heavy atom. The molecule has 1 aliphatic carbocycles. The summed E-state index contributed by atoms with van der Waals surface area (Å²) in [7, 11) is -3.14. The van der Waals surface area contributed by atoms with E-state index in [0.29, 0.717) is 15.5 Å². The molecular formula is C16H21NO2S2. The Balaban J connectivity index is 2.05. The number of rotatable bonds is 1. The van der Waals surface area contributed by atoms with Gasteiger partial charge >= 0.3 is 0 Å². The van der Waals surface area contributed by atoms with E-state index >= 15 is 0 Å². The lowest BCUT2D eigenvalue weighted by molar-refractivity contribution is 0.215. The normalized spacial score (nSPS) is 19.7. The number of pyridine rings is 1. The van der Waals surface area contributed by atoms with Gasteiger partial charge in [0.25, 0.3) is 0 Å². The van der Waals surface area contributed by atoms with E-state index < -0.39 is 9.84 Å². The highest BCUT2D eigenvalue weighted by molar-refractivity contribution is 7.92. The van der Waals surface area contributed by atoms with Crippen molar-refractivity contribution in [2.24, 2.45) is 11.3 Å². The van der Waals surface area contributed by atoms with Crippen LogP contribution < -0.4 is 0 Å². The monoisotopic (exact) mass is 323 g/mol. The fraction of sp³-hybridized carbons (Fsp3) is 0.562. The molecular weight excluding hydrogens is 302 g/mol. The van der Waals surface area contributed by atoms with Crippen molar-refractivity contribution < 1.29 is 8.42 Å². The molecule has 2 aromatic rings. The molecule has 3 rings (SSSR count). The minimum Gasteiger partial charge on any atom is -0.242 e. The molecule has 1 atom stereocenters. The highest BCUT2D eigenvalue weighted by Gasteiger charge is 2.29. The Morgan fingerprint density at radius 1 is 1.29 bits per heavy atom. The number of aryl methyl sites for hydroxylation is 1. The maximum absolute atomic E-state index is 11.7. The van der Waals surface area contributed by atoms with E-state index in [1.807, 2.05) is 0 Å². The van der Waals surface area contributed by atoms with Gasteiger partial charge in [-0.05, 0) is 48.3 Å². The molecule has 0 bridgehead atoms. The fourth-order valence-electron chi connectivity index (χ4n) is 3.02. The fourth-order valence-corrected chi connectivity index (χ4v) is 4.97. The van der Waals surface area contributed by atoms with Gasteiger partial charge in [-0.15, -0.1) is 11.3 Å². The van der Waals surface area contributed by atoms with Crippen LogP contribution in [-0.4, -0.2) is 19.7 Å². The lowest BCUT2D eigenvalue weighted by Gasteiger charge is -2.34. The topological polar surface area (TPSA) is 47.0 Å². The number of nitrogens with zero attached hydrogens (tertiary/aromatic N) is 1. The molecule has 0 radical (unpaired) electrons. The second kappa shape index (κ2) is 4.78. The summed E-state index contributed by atoms with van der Waals surface area (Å²) in [5.41, 5.74) is 2.76. The quantitative estimate of drug-likeness (QED) is 0.801. The van der Waals surface area contributed by atoms with Gasteiger partial charge < -0.3 is 0 Å². The highest BCUT2D eigenvalue weighted by Crippen LogP contribution is 2.38. The van der Waals surface area contributed by atoms with E-state index in [1.54, 1.807) is 6.07 Å². The van der Waals surface area contributed by atoms with Crippen LogP contribution in [0.2, 0.25) is 0 Å². The number of aromatic nitrogens is 1. The first-order valence-electron chi connectivity index (χ1n) is 7.27. The molecule has 1 aliphatic rings. The molecule has 0 fully saturated rings. The number of sulfone groups is 1. The third kappa shape index (κ3) is 2.86. The minimum atomic E-state index is -3.14. The van der Waals surface area contributed by atoms with Crippen LogP contribution in [0.25, 0.3) is 10.2 Å². The number of hydrogen-bond acceptors (Lipinski definition) is 4. The Bertz CT molecular complexity index is 798. The molecule has 5 heteroatoms. The lowest BCUT2D eigenvalue weighted by Crippen LogP contribution is -2.27. The number of hydrogen-bond donors (Lipinski definition) is 0. The second-order valence-electron chi connectivity index (χ2n) is 7.13. The van der Waals surface area contributed by atoms with Crippen molar-refractivity contribution in [1.82, 2.24) is 4.98 Å². The van der Waals surface area contributed by atoms with Crippen LogP contribution in [0.1, 0.15) is 38.4 Å².